The number of aromatic nitrogens is 4. The Morgan fingerprint density at radius 1 is 1.28 bits per heavy atom. The molecular formula is C13H19N5. The van der Waals surface area contributed by atoms with E-state index >= 15 is 0 Å². The molecule has 96 valence electrons. The van der Waals surface area contributed by atoms with Gasteiger partial charge in [0, 0.05) is 18.4 Å². The number of aryl methyl sites for hydroxylation is 3. The largest absolute Gasteiger partial charge is 0.396 e. The molecule has 0 radical (unpaired) electrons. The van der Waals surface area contributed by atoms with Gasteiger partial charge in [-0.25, -0.2) is 4.98 Å². The molecule has 18 heavy (non-hydrogen) atoms. The number of nitrogen functional groups attached to an aromatic ring is 1. The van der Waals surface area contributed by atoms with E-state index in [9.17, 15) is 0 Å². The van der Waals surface area contributed by atoms with E-state index in [-0.39, 0.29) is 0 Å². The molecule has 2 N–H and O–H groups in total. The predicted octanol–water partition coefficient (Wildman–Crippen LogP) is 1.55. The van der Waals surface area contributed by atoms with Crippen molar-refractivity contribution in [2.24, 2.45) is 0 Å². The summed E-state index contributed by atoms with van der Waals surface area (Å²) in [5, 5.41) is 4.21. The number of hydrogen-bond donors (Lipinski definition) is 1. The molecule has 0 aromatic carbocycles. The van der Waals surface area contributed by atoms with E-state index in [0.29, 0.717) is 0 Å². The van der Waals surface area contributed by atoms with Crippen molar-refractivity contribution in [2.45, 2.75) is 45.7 Å². The summed E-state index contributed by atoms with van der Waals surface area (Å²) >= 11 is 0. The fourth-order valence-corrected chi connectivity index (χ4v) is 2.74. The zero-order valence-electron chi connectivity index (χ0n) is 10.8. The van der Waals surface area contributed by atoms with Crippen LogP contribution in [-0.4, -0.2) is 19.3 Å². The van der Waals surface area contributed by atoms with Crippen LogP contribution in [0.3, 0.4) is 0 Å². The van der Waals surface area contributed by atoms with Gasteiger partial charge >= 0.3 is 0 Å². The van der Waals surface area contributed by atoms with E-state index in [4.69, 9.17) is 5.73 Å². The summed E-state index contributed by atoms with van der Waals surface area (Å²) in [6, 6.07) is 0. The van der Waals surface area contributed by atoms with Crippen LogP contribution in [-0.2, 0) is 25.9 Å². The molecule has 2 aromatic heterocycles. The van der Waals surface area contributed by atoms with Crippen molar-refractivity contribution in [3.63, 3.8) is 0 Å². The molecule has 0 fully saturated rings. The van der Waals surface area contributed by atoms with Gasteiger partial charge in [0.05, 0.1) is 24.1 Å². The first kappa shape index (κ1) is 11.3. The minimum absolute atomic E-state index is 0.722. The number of rotatable bonds is 3. The molecule has 2 aromatic rings. The Labute approximate surface area is 107 Å². The third-order valence-electron chi connectivity index (χ3n) is 3.63. The van der Waals surface area contributed by atoms with Crippen molar-refractivity contribution in [1.82, 2.24) is 19.3 Å². The fourth-order valence-electron chi connectivity index (χ4n) is 2.74. The highest BCUT2D eigenvalue weighted by molar-refractivity contribution is 5.30. The monoisotopic (exact) mass is 245 g/mol. The molecule has 5 nitrogen and oxygen atoms in total. The Balaban J connectivity index is 1.78. The molecule has 0 spiro atoms. The number of hydrogen-bond acceptors (Lipinski definition) is 3. The second kappa shape index (κ2) is 4.48. The molecule has 0 atom stereocenters. The lowest BCUT2D eigenvalue weighted by molar-refractivity contribution is 0.506. The van der Waals surface area contributed by atoms with Gasteiger partial charge in [-0.05, 0) is 32.6 Å². The summed E-state index contributed by atoms with van der Waals surface area (Å²) in [7, 11) is 0. The first-order valence-corrected chi connectivity index (χ1v) is 6.57. The van der Waals surface area contributed by atoms with Crippen LogP contribution in [0.25, 0.3) is 0 Å². The number of anilines is 1. The lowest BCUT2D eigenvalue weighted by atomic mass is 10.0. The molecule has 0 aliphatic heterocycles. The SMILES string of the molecule is Cc1nc2c(n1CCn1cc(N)cn1)CCCC2. The number of fused-ring (bicyclic) bond motifs is 1. The zero-order chi connectivity index (χ0) is 12.5. The second-order valence-corrected chi connectivity index (χ2v) is 4.95. The lowest BCUT2D eigenvalue weighted by Gasteiger charge is -2.14. The summed E-state index contributed by atoms with van der Waals surface area (Å²) in [6.07, 6.45) is 8.43. The third-order valence-corrected chi connectivity index (χ3v) is 3.63. The highest BCUT2D eigenvalue weighted by Gasteiger charge is 2.17. The summed E-state index contributed by atoms with van der Waals surface area (Å²) in [6.45, 7) is 3.87. The van der Waals surface area contributed by atoms with Gasteiger partial charge in [-0.15, -0.1) is 0 Å². The number of imidazole rings is 1. The van der Waals surface area contributed by atoms with Crippen molar-refractivity contribution in [1.29, 1.82) is 0 Å². The molecule has 3 rings (SSSR count). The smallest absolute Gasteiger partial charge is 0.106 e. The summed E-state index contributed by atoms with van der Waals surface area (Å²) in [5.74, 6) is 1.13. The molecule has 1 aliphatic carbocycles. The van der Waals surface area contributed by atoms with Crippen LogP contribution in [0.1, 0.15) is 30.1 Å². The van der Waals surface area contributed by atoms with Gasteiger partial charge in [0.1, 0.15) is 5.82 Å². The molecule has 0 unspecified atom stereocenters. The van der Waals surface area contributed by atoms with Gasteiger partial charge in [0.15, 0.2) is 0 Å². The van der Waals surface area contributed by atoms with E-state index in [1.165, 1.54) is 24.2 Å². The van der Waals surface area contributed by atoms with Gasteiger partial charge in [-0.1, -0.05) is 0 Å². The Hall–Kier alpha value is -1.78. The zero-order valence-corrected chi connectivity index (χ0v) is 10.8. The summed E-state index contributed by atoms with van der Waals surface area (Å²) in [5.41, 5.74) is 9.12. The normalized spacial score (nSPS) is 14.7. The molecule has 2 heterocycles. The van der Waals surface area contributed by atoms with E-state index in [0.717, 1.165) is 37.4 Å². The highest BCUT2D eigenvalue weighted by atomic mass is 15.3. The van der Waals surface area contributed by atoms with Crippen LogP contribution < -0.4 is 5.73 Å². The van der Waals surface area contributed by atoms with Crippen molar-refractivity contribution < 1.29 is 0 Å². The molecule has 0 saturated heterocycles. The molecule has 0 saturated carbocycles. The average molecular weight is 245 g/mol. The van der Waals surface area contributed by atoms with Gasteiger partial charge in [0.2, 0.25) is 0 Å². The number of nitrogens with two attached hydrogens (primary N) is 1. The first-order valence-electron chi connectivity index (χ1n) is 6.57. The van der Waals surface area contributed by atoms with E-state index in [2.05, 4.69) is 21.6 Å². The molecule has 1 aliphatic rings. The highest BCUT2D eigenvalue weighted by Crippen LogP contribution is 2.22. The van der Waals surface area contributed by atoms with Crippen molar-refractivity contribution >= 4 is 5.69 Å². The van der Waals surface area contributed by atoms with Crippen LogP contribution >= 0.6 is 0 Å². The van der Waals surface area contributed by atoms with Crippen molar-refractivity contribution in [3.05, 3.63) is 29.6 Å². The fraction of sp³-hybridized carbons (Fsp3) is 0.538. The van der Waals surface area contributed by atoms with Gasteiger partial charge in [-0.3, -0.25) is 4.68 Å². The molecular weight excluding hydrogens is 226 g/mol. The summed E-state index contributed by atoms with van der Waals surface area (Å²) in [4.78, 5) is 4.68. The average Bonchev–Trinajstić information content (AvgIpc) is 2.90. The second-order valence-electron chi connectivity index (χ2n) is 4.95. The van der Waals surface area contributed by atoms with E-state index in [1.54, 1.807) is 6.20 Å². The van der Waals surface area contributed by atoms with Crippen LogP contribution in [0.5, 0.6) is 0 Å². The van der Waals surface area contributed by atoms with Crippen molar-refractivity contribution in [3.8, 4) is 0 Å². The maximum Gasteiger partial charge on any atom is 0.106 e. The molecule has 5 heteroatoms. The Kier molecular flexibility index (Phi) is 2.81. The van der Waals surface area contributed by atoms with Gasteiger partial charge < -0.3 is 10.3 Å². The topological polar surface area (TPSA) is 61.7 Å². The lowest BCUT2D eigenvalue weighted by Crippen LogP contribution is -2.13. The Bertz CT molecular complexity index is 552. The summed E-state index contributed by atoms with van der Waals surface area (Å²) < 4.78 is 4.23. The van der Waals surface area contributed by atoms with E-state index in [1.807, 2.05) is 10.9 Å². The van der Waals surface area contributed by atoms with Crippen molar-refractivity contribution in [2.75, 3.05) is 5.73 Å². The number of nitrogens with zero attached hydrogens (tertiary/aromatic N) is 4. The Morgan fingerprint density at radius 3 is 2.89 bits per heavy atom. The quantitative estimate of drug-likeness (QED) is 0.892. The maximum absolute atomic E-state index is 5.67. The van der Waals surface area contributed by atoms with E-state index < -0.39 is 0 Å². The molecule has 0 bridgehead atoms. The molecule has 0 amide bonds. The van der Waals surface area contributed by atoms with Crippen LogP contribution in [0, 0.1) is 6.92 Å². The van der Waals surface area contributed by atoms with Gasteiger partial charge in [-0.2, -0.15) is 5.10 Å². The van der Waals surface area contributed by atoms with Crippen LogP contribution in [0.15, 0.2) is 12.4 Å². The standard InChI is InChI=1S/C13H19N5/c1-10-16-12-4-2-3-5-13(12)18(10)7-6-17-9-11(14)8-15-17/h8-9H,2-7,14H2,1H3. The van der Waals surface area contributed by atoms with Gasteiger partial charge in [0.25, 0.3) is 0 Å². The first-order chi connectivity index (χ1) is 8.74. The van der Waals surface area contributed by atoms with Crippen LogP contribution in [0.4, 0.5) is 5.69 Å². The minimum Gasteiger partial charge on any atom is -0.396 e. The van der Waals surface area contributed by atoms with Crippen LogP contribution in [0.2, 0.25) is 0 Å². The maximum atomic E-state index is 5.67. The minimum atomic E-state index is 0.722. The predicted molar refractivity (Wildman–Crippen MR) is 70.2 cm³/mol. The Morgan fingerprint density at radius 2 is 2.11 bits per heavy atom. The third kappa shape index (κ3) is 2.00.